The molecule has 6 nitrogen and oxygen atoms in total. The smallest absolute Gasteiger partial charge is 0.255 e. The Bertz CT molecular complexity index is 1140. The number of amides is 1. The van der Waals surface area contributed by atoms with Gasteiger partial charge in [-0.2, -0.15) is 5.10 Å². The Hall–Kier alpha value is -3.06. The third-order valence-corrected chi connectivity index (χ3v) is 5.15. The standard InChI is InChI=1S/C21H21N5OS/c1-14(2)26-13-16-11-17(7-8-19(16)24-26)23-20(27)15-5-4-6-18(12-15)25-10-9-22-21(25)28-3/h4-14H,1-3H3,(H,23,27). The molecule has 0 aliphatic heterocycles. The van der Waals surface area contributed by atoms with E-state index in [0.29, 0.717) is 11.6 Å². The van der Waals surface area contributed by atoms with Crippen LogP contribution in [0.2, 0.25) is 0 Å². The summed E-state index contributed by atoms with van der Waals surface area (Å²) in [6, 6.07) is 13.6. The molecule has 0 aliphatic rings. The summed E-state index contributed by atoms with van der Waals surface area (Å²) >= 11 is 1.56. The van der Waals surface area contributed by atoms with Crippen molar-refractivity contribution >= 4 is 34.3 Å². The maximum absolute atomic E-state index is 12.8. The van der Waals surface area contributed by atoms with E-state index in [0.717, 1.165) is 27.4 Å². The van der Waals surface area contributed by atoms with Gasteiger partial charge in [0.25, 0.3) is 5.91 Å². The predicted molar refractivity (Wildman–Crippen MR) is 113 cm³/mol. The first-order chi connectivity index (χ1) is 13.5. The van der Waals surface area contributed by atoms with E-state index in [1.807, 2.05) is 70.4 Å². The molecule has 2 aromatic carbocycles. The summed E-state index contributed by atoms with van der Waals surface area (Å²) in [6.45, 7) is 4.18. The number of nitrogens with one attached hydrogen (secondary N) is 1. The van der Waals surface area contributed by atoms with Crippen LogP contribution in [0.15, 0.2) is 66.2 Å². The fraction of sp³-hybridized carbons (Fsp3) is 0.190. The number of nitrogens with zero attached hydrogens (tertiary/aromatic N) is 4. The van der Waals surface area contributed by atoms with Gasteiger partial charge in [0.05, 0.1) is 5.52 Å². The van der Waals surface area contributed by atoms with E-state index in [2.05, 4.69) is 29.2 Å². The maximum atomic E-state index is 12.8. The van der Waals surface area contributed by atoms with Gasteiger partial charge in [-0.3, -0.25) is 14.0 Å². The number of benzene rings is 2. The van der Waals surface area contributed by atoms with Gasteiger partial charge in [0, 0.05) is 47.0 Å². The Morgan fingerprint density at radius 3 is 2.82 bits per heavy atom. The molecule has 0 atom stereocenters. The van der Waals surface area contributed by atoms with Crippen molar-refractivity contribution in [3.05, 3.63) is 66.6 Å². The lowest BCUT2D eigenvalue weighted by Crippen LogP contribution is -2.12. The molecule has 1 amide bonds. The topological polar surface area (TPSA) is 64.7 Å². The molecule has 0 radical (unpaired) electrons. The predicted octanol–water partition coefficient (Wildman–Crippen LogP) is 4.78. The molecule has 1 N–H and O–H groups in total. The normalized spacial score (nSPS) is 11.3. The third kappa shape index (κ3) is 3.53. The molecule has 0 saturated heterocycles. The van der Waals surface area contributed by atoms with Gasteiger partial charge in [0.1, 0.15) is 0 Å². The zero-order valence-electron chi connectivity index (χ0n) is 16.0. The summed E-state index contributed by atoms with van der Waals surface area (Å²) in [5.41, 5.74) is 3.16. The number of carbonyl (C=O) groups is 1. The lowest BCUT2D eigenvalue weighted by Gasteiger charge is -2.09. The fourth-order valence-corrected chi connectivity index (χ4v) is 3.55. The highest BCUT2D eigenvalue weighted by atomic mass is 32.2. The van der Waals surface area contributed by atoms with Crippen LogP contribution in [0.3, 0.4) is 0 Å². The van der Waals surface area contributed by atoms with Crippen LogP contribution in [-0.2, 0) is 0 Å². The Morgan fingerprint density at radius 2 is 2.04 bits per heavy atom. The fourth-order valence-electron chi connectivity index (χ4n) is 3.02. The van der Waals surface area contributed by atoms with Gasteiger partial charge in [0.15, 0.2) is 5.16 Å². The first-order valence-electron chi connectivity index (χ1n) is 9.03. The highest BCUT2D eigenvalue weighted by Crippen LogP contribution is 2.22. The average molecular weight is 392 g/mol. The molecule has 2 aromatic heterocycles. The van der Waals surface area contributed by atoms with Crippen molar-refractivity contribution in [2.75, 3.05) is 11.6 Å². The Kier molecular flexibility index (Phi) is 4.92. The van der Waals surface area contributed by atoms with Crippen molar-refractivity contribution in [2.45, 2.75) is 25.0 Å². The van der Waals surface area contributed by atoms with E-state index in [9.17, 15) is 4.79 Å². The number of hydrogen-bond donors (Lipinski definition) is 1. The second kappa shape index (κ2) is 7.52. The lowest BCUT2D eigenvalue weighted by atomic mass is 10.1. The zero-order chi connectivity index (χ0) is 19.7. The molecule has 0 unspecified atom stereocenters. The number of rotatable bonds is 5. The van der Waals surface area contributed by atoms with Gasteiger partial charge >= 0.3 is 0 Å². The minimum atomic E-state index is -0.150. The summed E-state index contributed by atoms with van der Waals surface area (Å²) in [5.74, 6) is -0.150. The molecule has 7 heteroatoms. The molecule has 0 aliphatic carbocycles. The molecule has 142 valence electrons. The van der Waals surface area contributed by atoms with Crippen LogP contribution < -0.4 is 5.32 Å². The summed E-state index contributed by atoms with van der Waals surface area (Å²) in [4.78, 5) is 17.1. The number of hydrogen-bond acceptors (Lipinski definition) is 4. The second-order valence-electron chi connectivity index (χ2n) is 6.76. The van der Waals surface area contributed by atoms with E-state index in [4.69, 9.17) is 0 Å². The zero-order valence-corrected chi connectivity index (χ0v) is 16.8. The largest absolute Gasteiger partial charge is 0.322 e. The van der Waals surface area contributed by atoms with Crippen molar-refractivity contribution in [3.63, 3.8) is 0 Å². The van der Waals surface area contributed by atoms with Crippen molar-refractivity contribution in [1.29, 1.82) is 0 Å². The number of thioether (sulfide) groups is 1. The maximum Gasteiger partial charge on any atom is 0.255 e. The van der Waals surface area contributed by atoms with Crippen LogP contribution in [0.5, 0.6) is 0 Å². The number of imidazole rings is 1. The van der Waals surface area contributed by atoms with Crippen LogP contribution >= 0.6 is 11.8 Å². The van der Waals surface area contributed by atoms with E-state index >= 15 is 0 Å². The Balaban J connectivity index is 1.58. The Labute approximate surface area is 167 Å². The van der Waals surface area contributed by atoms with Gasteiger partial charge in [-0.25, -0.2) is 4.98 Å². The number of carbonyl (C=O) groups excluding carboxylic acids is 1. The number of anilines is 1. The van der Waals surface area contributed by atoms with Crippen molar-refractivity contribution in [3.8, 4) is 5.69 Å². The molecule has 28 heavy (non-hydrogen) atoms. The van der Waals surface area contributed by atoms with Gasteiger partial charge < -0.3 is 5.32 Å². The quantitative estimate of drug-likeness (QED) is 0.497. The van der Waals surface area contributed by atoms with Crippen LogP contribution in [0.25, 0.3) is 16.6 Å². The monoisotopic (exact) mass is 391 g/mol. The molecule has 0 fully saturated rings. The molecular weight excluding hydrogens is 370 g/mol. The summed E-state index contributed by atoms with van der Waals surface area (Å²) in [6.07, 6.45) is 7.63. The van der Waals surface area contributed by atoms with E-state index in [-0.39, 0.29) is 5.91 Å². The van der Waals surface area contributed by atoms with Crippen LogP contribution in [0, 0.1) is 0 Å². The first kappa shape index (κ1) is 18.3. The van der Waals surface area contributed by atoms with E-state index in [1.165, 1.54) is 0 Å². The average Bonchev–Trinajstić information content (AvgIpc) is 3.34. The Morgan fingerprint density at radius 1 is 1.18 bits per heavy atom. The molecular formula is C21H21N5OS. The van der Waals surface area contributed by atoms with Crippen LogP contribution in [-0.4, -0.2) is 31.5 Å². The number of fused-ring (bicyclic) bond motifs is 1. The third-order valence-electron chi connectivity index (χ3n) is 4.48. The molecule has 4 aromatic rings. The summed E-state index contributed by atoms with van der Waals surface area (Å²) in [7, 11) is 0. The van der Waals surface area contributed by atoms with E-state index < -0.39 is 0 Å². The molecule has 0 spiro atoms. The van der Waals surface area contributed by atoms with Gasteiger partial charge in [-0.1, -0.05) is 17.8 Å². The van der Waals surface area contributed by atoms with Crippen molar-refractivity contribution in [1.82, 2.24) is 19.3 Å². The molecule has 2 heterocycles. The molecule has 0 bridgehead atoms. The highest BCUT2D eigenvalue weighted by molar-refractivity contribution is 7.98. The summed E-state index contributed by atoms with van der Waals surface area (Å²) < 4.78 is 3.89. The molecule has 4 rings (SSSR count). The van der Waals surface area contributed by atoms with Gasteiger partial charge in [-0.05, 0) is 56.5 Å². The van der Waals surface area contributed by atoms with Gasteiger partial charge in [0.2, 0.25) is 0 Å². The summed E-state index contributed by atoms with van der Waals surface area (Å²) in [5, 5.41) is 9.41. The first-order valence-corrected chi connectivity index (χ1v) is 10.3. The van der Waals surface area contributed by atoms with Crippen LogP contribution in [0.1, 0.15) is 30.2 Å². The lowest BCUT2D eigenvalue weighted by molar-refractivity contribution is 0.102. The minimum Gasteiger partial charge on any atom is -0.322 e. The molecule has 0 saturated carbocycles. The van der Waals surface area contributed by atoms with E-state index in [1.54, 1.807) is 18.0 Å². The SMILES string of the molecule is CSc1nccn1-c1cccc(C(=O)Nc2ccc3nn(C(C)C)cc3c2)c1. The number of aromatic nitrogens is 4. The minimum absolute atomic E-state index is 0.150. The van der Waals surface area contributed by atoms with Crippen molar-refractivity contribution in [2.24, 2.45) is 0 Å². The van der Waals surface area contributed by atoms with Gasteiger partial charge in [-0.15, -0.1) is 0 Å². The van der Waals surface area contributed by atoms with Crippen molar-refractivity contribution < 1.29 is 4.79 Å². The second-order valence-corrected chi connectivity index (χ2v) is 7.54. The van der Waals surface area contributed by atoms with Crippen LogP contribution in [0.4, 0.5) is 5.69 Å². The highest BCUT2D eigenvalue weighted by Gasteiger charge is 2.11.